The van der Waals surface area contributed by atoms with E-state index in [1.165, 1.54) is 0 Å². The minimum Gasteiger partial charge on any atom is -0.294 e. The van der Waals surface area contributed by atoms with Gasteiger partial charge in [0, 0.05) is 11.6 Å². The van der Waals surface area contributed by atoms with Gasteiger partial charge in [-0.15, -0.1) is 0 Å². The van der Waals surface area contributed by atoms with Crippen LogP contribution in [0, 0.1) is 6.07 Å². The Balaban J connectivity index is 3.54. The van der Waals surface area contributed by atoms with Gasteiger partial charge in [0.25, 0.3) is 0 Å². The third kappa shape index (κ3) is 2.63. The average molecular weight is 256 g/mol. The number of carbonyl (C=O) groups is 1. The van der Waals surface area contributed by atoms with Crippen LogP contribution in [0.5, 0.6) is 0 Å². The highest BCUT2D eigenvalue weighted by Crippen LogP contribution is 2.37. The Kier molecular flexibility index (Phi) is 3.31. The van der Waals surface area contributed by atoms with Crippen molar-refractivity contribution in [2.24, 2.45) is 0 Å². The first-order chi connectivity index (χ1) is 6.73. The zero-order valence-electron chi connectivity index (χ0n) is 7.38. The molecule has 0 aliphatic heterocycles. The fourth-order valence-electron chi connectivity index (χ4n) is 1.09. The fourth-order valence-corrected chi connectivity index (χ4v) is 1.68. The standard InChI is InChI=1S/C9H4Cl2F3O/c1-4(15)8-6(9(12,13)14)2-5(10)3-7(8)11/h2H,1H3. The van der Waals surface area contributed by atoms with E-state index < -0.39 is 28.1 Å². The lowest BCUT2D eigenvalue weighted by molar-refractivity contribution is -0.137. The van der Waals surface area contributed by atoms with Crippen molar-refractivity contribution in [2.45, 2.75) is 13.1 Å². The summed E-state index contributed by atoms with van der Waals surface area (Å²) in [7, 11) is 0. The number of benzene rings is 1. The first-order valence-corrected chi connectivity index (χ1v) is 4.48. The molecule has 0 fully saturated rings. The maximum atomic E-state index is 12.5. The Hall–Kier alpha value is -0.740. The van der Waals surface area contributed by atoms with Gasteiger partial charge in [0.2, 0.25) is 0 Å². The van der Waals surface area contributed by atoms with Crippen LogP contribution in [0.15, 0.2) is 6.07 Å². The number of carbonyl (C=O) groups excluding carboxylic acids is 1. The average Bonchev–Trinajstić information content (AvgIpc) is 1.99. The molecule has 0 atom stereocenters. The highest BCUT2D eigenvalue weighted by Gasteiger charge is 2.36. The van der Waals surface area contributed by atoms with Crippen molar-refractivity contribution in [1.29, 1.82) is 0 Å². The number of hydrogen-bond donors (Lipinski definition) is 0. The summed E-state index contributed by atoms with van der Waals surface area (Å²) >= 11 is 10.9. The van der Waals surface area contributed by atoms with Gasteiger partial charge < -0.3 is 0 Å². The molecule has 1 aromatic rings. The van der Waals surface area contributed by atoms with Gasteiger partial charge in [-0.05, 0) is 13.0 Å². The zero-order valence-corrected chi connectivity index (χ0v) is 8.89. The second kappa shape index (κ2) is 4.02. The lowest BCUT2D eigenvalue weighted by atomic mass is 10.0. The topological polar surface area (TPSA) is 17.1 Å². The summed E-state index contributed by atoms with van der Waals surface area (Å²) in [6, 6.07) is 2.87. The van der Waals surface area contributed by atoms with E-state index in [9.17, 15) is 18.0 Å². The molecule has 0 bridgehead atoms. The van der Waals surface area contributed by atoms with E-state index >= 15 is 0 Å². The molecule has 0 unspecified atom stereocenters. The summed E-state index contributed by atoms with van der Waals surface area (Å²) < 4.78 is 37.5. The smallest absolute Gasteiger partial charge is 0.294 e. The van der Waals surface area contributed by atoms with Crippen LogP contribution in [0.3, 0.4) is 0 Å². The molecule has 1 rings (SSSR count). The van der Waals surface area contributed by atoms with E-state index in [1.807, 2.05) is 0 Å². The van der Waals surface area contributed by atoms with Gasteiger partial charge in [0.1, 0.15) is 0 Å². The van der Waals surface area contributed by atoms with E-state index in [4.69, 9.17) is 23.2 Å². The van der Waals surface area contributed by atoms with Gasteiger partial charge in [-0.3, -0.25) is 4.79 Å². The summed E-state index contributed by atoms with van der Waals surface area (Å²) in [5.74, 6) is -0.778. The van der Waals surface area contributed by atoms with Crippen LogP contribution in [0.4, 0.5) is 13.2 Å². The Morgan fingerprint density at radius 2 is 1.93 bits per heavy atom. The molecule has 0 aliphatic carbocycles. The van der Waals surface area contributed by atoms with Gasteiger partial charge in [0.15, 0.2) is 5.78 Å². The van der Waals surface area contributed by atoms with Crippen molar-refractivity contribution in [1.82, 2.24) is 0 Å². The molecule has 0 saturated heterocycles. The largest absolute Gasteiger partial charge is 0.417 e. The molecule has 0 heterocycles. The first-order valence-electron chi connectivity index (χ1n) is 3.73. The van der Waals surface area contributed by atoms with Crippen LogP contribution in [-0.2, 0) is 6.18 Å². The SMILES string of the molecule is CC(=O)c1c(Cl)[c]c(Cl)cc1C(F)(F)F. The van der Waals surface area contributed by atoms with Crippen LogP contribution in [0.25, 0.3) is 0 Å². The second-order valence-electron chi connectivity index (χ2n) is 2.77. The molecular formula is C9H4Cl2F3O. The van der Waals surface area contributed by atoms with Crippen LogP contribution in [0.1, 0.15) is 22.8 Å². The van der Waals surface area contributed by atoms with Crippen LogP contribution >= 0.6 is 23.2 Å². The lowest BCUT2D eigenvalue weighted by Gasteiger charge is -2.12. The maximum Gasteiger partial charge on any atom is 0.417 e. The van der Waals surface area contributed by atoms with Crippen molar-refractivity contribution < 1.29 is 18.0 Å². The molecule has 1 nitrogen and oxygen atoms in total. The van der Waals surface area contributed by atoms with Crippen LogP contribution in [0.2, 0.25) is 10.0 Å². The molecule has 0 N–H and O–H groups in total. The van der Waals surface area contributed by atoms with Crippen molar-refractivity contribution >= 4 is 29.0 Å². The molecular weight excluding hydrogens is 252 g/mol. The molecule has 15 heavy (non-hydrogen) atoms. The predicted octanol–water partition coefficient (Wildman–Crippen LogP) is 4.01. The number of Topliss-reactive ketones (excluding diaryl/α,β-unsaturated/α-hetero) is 1. The van der Waals surface area contributed by atoms with E-state index in [0.29, 0.717) is 6.07 Å². The fraction of sp³-hybridized carbons (Fsp3) is 0.222. The third-order valence-corrected chi connectivity index (χ3v) is 2.13. The minimum absolute atomic E-state index is 0.280. The summed E-state index contributed by atoms with van der Waals surface area (Å²) in [5.41, 5.74) is -1.74. The number of alkyl halides is 3. The lowest BCUT2D eigenvalue weighted by Crippen LogP contribution is -2.12. The Labute approximate surface area is 93.8 Å². The molecule has 0 saturated carbocycles. The maximum absolute atomic E-state index is 12.5. The van der Waals surface area contributed by atoms with Gasteiger partial charge in [-0.25, -0.2) is 0 Å². The van der Waals surface area contributed by atoms with Crippen molar-refractivity contribution in [3.8, 4) is 0 Å². The van der Waals surface area contributed by atoms with Gasteiger partial charge in [0.05, 0.1) is 15.6 Å². The van der Waals surface area contributed by atoms with Crippen molar-refractivity contribution in [3.63, 3.8) is 0 Å². The molecule has 0 aromatic heterocycles. The number of hydrogen-bond acceptors (Lipinski definition) is 1. The first kappa shape index (κ1) is 12.3. The Bertz CT molecular complexity index is 413. The van der Waals surface area contributed by atoms with E-state index in [2.05, 4.69) is 6.07 Å². The molecule has 0 amide bonds. The van der Waals surface area contributed by atoms with Crippen LogP contribution in [-0.4, -0.2) is 5.78 Å². The van der Waals surface area contributed by atoms with Crippen molar-refractivity contribution in [2.75, 3.05) is 0 Å². The summed E-state index contributed by atoms with van der Waals surface area (Å²) in [5, 5.41) is -0.695. The third-order valence-electron chi connectivity index (χ3n) is 1.65. The molecule has 0 aliphatic rings. The predicted molar refractivity (Wildman–Crippen MR) is 50.3 cm³/mol. The molecule has 1 aromatic carbocycles. The summed E-state index contributed by atoms with van der Waals surface area (Å²) in [4.78, 5) is 11.0. The van der Waals surface area contributed by atoms with Gasteiger partial charge in [-0.1, -0.05) is 23.2 Å². The highest BCUT2D eigenvalue weighted by atomic mass is 35.5. The second-order valence-corrected chi connectivity index (χ2v) is 3.56. The van der Waals surface area contributed by atoms with Gasteiger partial charge >= 0.3 is 6.18 Å². The number of halogens is 5. The minimum atomic E-state index is -4.66. The quantitative estimate of drug-likeness (QED) is 0.693. The van der Waals surface area contributed by atoms with Gasteiger partial charge in [-0.2, -0.15) is 13.2 Å². The molecule has 0 spiro atoms. The van der Waals surface area contributed by atoms with Crippen molar-refractivity contribution in [3.05, 3.63) is 33.3 Å². The number of rotatable bonds is 1. The summed E-state index contributed by atoms with van der Waals surface area (Å²) in [6.07, 6.45) is -4.66. The summed E-state index contributed by atoms with van der Waals surface area (Å²) in [6.45, 7) is 0.998. The Morgan fingerprint density at radius 1 is 1.40 bits per heavy atom. The van der Waals surface area contributed by atoms with E-state index in [-0.39, 0.29) is 5.02 Å². The normalized spacial score (nSPS) is 11.6. The Morgan fingerprint density at radius 3 is 2.33 bits per heavy atom. The monoisotopic (exact) mass is 255 g/mol. The van der Waals surface area contributed by atoms with E-state index in [0.717, 1.165) is 6.92 Å². The van der Waals surface area contributed by atoms with Crippen LogP contribution < -0.4 is 0 Å². The molecule has 81 valence electrons. The molecule has 6 heteroatoms. The highest BCUT2D eigenvalue weighted by molar-refractivity contribution is 6.36. The number of ketones is 1. The van der Waals surface area contributed by atoms with E-state index in [1.54, 1.807) is 0 Å². The zero-order chi connectivity index (χ0) is 11.8. The molecule has 1 radical (unpaired) electrons.